The first kappa shape index (κ1) is 58.7. The molecule has 4 aromatic heterocycles. The molecule has 0 saturated carbocycles. The van der Waals surface area contributed by atoms with Crippen molar-refractivity contribution < 1.29 is 74.6 Å². The molecule has 6 amide bonds. The molecule has 0 bridgehead atoms. The number of carbonyl (C=O) groups excluding carboxylic acids is 4. The number of carbonyl (C=O) groups is 4. The smallest absolute Gasteiger partial charge is 0.324 e. The number of rotatable bonds is 14. The van der Waals surface area contributed by atoms with Crippen molar-refractivity contribution in [2.75, 3.05) is 87.0 Å². The van der Waals surface area contributed by atoms with Gasteiger partial charge < -0.3 is 59.9 Å². The molecule has 0 aliphatic carbocycles. The summed E-state index contributed by atoms with van der Waals surface area (Å²) in [7, 11) is -7.33. The van der Waals surface area contributed by atoms with E-state index in [0.29, 0.717) is 56.5 Å². The Kier molecular flexibility index (Phi) is 17.2. The van der Waals surface area contributed by atoms with Crippen LogP contribution < -0.4 is 31.9 Å². The van der Waals surface area contributed by atoms with E-state index in [4.69, 9.17) is 28.4 Å². The molecule has 9 heterocycles. The number of fused-ring (bicyclic) bond motifs is 3. The fourth-order valence-electron chi connectivity index (χ4n) is 9.76. The Morgan fingerprint density at radius 1 is 0.566 bits per heavy atom. The molecule has 5 aliphatic rings. The lowest BCUT2D eigenvalue weighted by atomic mass is 10.1. The van der Waals surface area contributed by atoms with E-state index in [-0.39, 0.29) is 70.2 Å². The number of nitrogens with zero attached hydrogens (tertiary/aromatic N) is 10. The molecular formula is C49H60N16O16S2. The third-order valence-corrected chi connectivity index (χ3v) is 17.5. The first-order valence-corrected chi connectivity index (χ1v) is 29.1. The van der Waals surface area contributed by atoms with Crippen molar-refractivity contribution in [2.45, 2.75) is 92.4 Å². The Balaban J connectivity index is 0.000000186. The van der Waals surface area contributed by atoms with Gasteiger partial charge in [0.2, 0.25) is 20.0 Å². The molecule has 0 unspecified atom stereocenters. The number of nitrogens with one attached hydrogen (secondary N) is 6. The van der Waals surface area contributed by atoms with Crippen LogP contribution in [-0.4, -0.2) is 207 Å². The molecule has 5 aliphatic heterocycles. The van der Waals surface area contributed by atoms with Gasteiger partial charge in [-0.2, -0.15) is 8.61 Å². The van der Waals surface area contributed by atoms with Crippen molar-refractivity contribution in [3.8, 4) is 0 Å². The van der Waals surface area contributed by atoms with E-state index in [2.05, 4.69) is 61.8 Å². The first-order chi connectivity index (χ1) is 39.8. The molecule has 444 valence electrons. The number of urea groups is 2. The van der Waals surface area contributed by atoms with E-state index in [1.165, 1.54) is 87.0 Å². The number of hydrogen-bond acceptors (Lipinski definition) is 22. The maximum absolute atomic E-state index is 12.9. The van der Waals surface area contributed by atoms with Gasteiger partial charge in [-0.15, -0.1) is 0 Å². The lowest BCUT2D eigenvalue weighted by Crippen LogP contribution is -2.42. The lowest BCUT2D eigenvalue weighted by Gasteiger charge is -2.26. The second-order valence-corrected chi connectivity index (χ2v) is 23.4. The number of hydrogen-bond donors (Lipinski definition) is 8. The van der Waals surface area contributed by atoms with Crippen molar-refractivity contribution in [3.63, 3.8) is 0 Å². The quantitative estimate of drug-likeness (QED) is 0.0726. The van der Waals surface area contributed by atoms with Gasteiger partial charge >= 0.3 is 12.1 Å². The summed E-state index contributed by atoms with van der Waals surface area (Å²) in [6.45, 7) is 10.3. The molecule has 5 fully saturated rings. The number of benzene rings is 2. The van der Waals surface area contributed by atoms with E-state index < -0.39 is 92.9 Å². The summed E-state index contributed by atoms with van der Waals surface area (Å²) in [5.74, 6) is -1.64. The summed E-state index contributed by atoms with van der Waals surface area (Å²) >= 11 is 0. The average Bonchev–Trinajstić information content (AvgIpc) is 2.09. The molecule has 2 aromatic carbocycles. The predicted molar refractivity (Wildman–Crippen MR) is 289 cm³/mol. The highest BCUT2D eigenvalue weighted by molar-refractivity contribution is 7.89. The molecule has 11 rings (SSSR count). The minimum absolute atomic E-state index is 0.0427. The number of morpholine rings is 2. The van der Waals surface area contributed by atoms with E-state index in [9.17, 15) is 46.2 Å². The average molecular weight is 1190 g/mol. The van der Waals surface area contributed by atoms with Crippen LogP contribution in [0.5, 0.6) is 0 Å². The third-order valence-electron chi connectivity index (χ3n) is 13.7. The zero-order chi connectivity index (χ0) is 58.8. The fraction of sp³-hybridized carbons (Fsp3) is 0.469. The highest BCUT2D eigenvalue weighted by Crippen LogP contribution is 2.44. The van der Waals surface area contributed by atoms with Crippen molar-refractivity contribution in [1.29, 1.82) is 0 Å². The lowest BCUT2D eigenvalue weighted by molar-refractivity contribution is -0.197. The Morgan fingerprint density at radius 2 is 0.988 bits per heavy atom. The number of imidazole rings is 2. The van der Waals surface area contributed by atoms with Crippen LogP contribution in [0.3, 0.4) is 0 Å². The number of aliphatic hydroxyl groups excluding tert-OH is 2. The predicted octanol–water partition coefficient (Wildman–Crippen LogP) is 0.291. The summed E-state index contributed by atoms with van der Waals surface area (Å²) in [6, 6.07) is 10.3. The normalized spacial score (nSPS) is 24.6. The summed E-state index contributed by atoms with van der Waals surface area (Å²) in [5, 5.41) is 36.7. The number of likely N-dealkylation sites (N-methyl/N-ethyl adjacent to an activating group) is 2. The molecule has 83 heavy (non-hydrogen) atoms. The molecule has 0 radical (unpaired) electrons. The van der Waals surface area contributed by atoms with Crippen LogP contribution in [0.25, 0.3) is 22.3 Å². The van der Waals surface area contributed by atoms with Gasteiger partial charge in [-0.1, -0.05) is 0 Å². The molecule has 34 heteroatoms. The number of ether oxygens (including phenoxy) is 6. The molecule has 32 nitrogen and oxygen atoms in total. The fourth-order valence-corrected chi connectivity index (χ4v) is 12.6. The summed E-state index contributed by atoms with van der Waals surface area (Å²) in [4.78, 5) is 76.0. The van der Waals surface area contributed by atoms with Crippen molar-refractivity contribution in [1.82, 2.24) is 58.3 Å². The molecular weight excluding hydrogens is 1130 g/mol. The van der Waals surface area contributed by atoms with Crippen LogP contribution in [0, 0.1) is 0 Å². The highest BCUT2D eigenvalue weighted by Gasteiger charge is 2.58. The topological polar surface area (TPSA) is 398 Å². The van der Waals surface area contributed by atoms with Crippen LogP contribution in [0.4, 0.5) is 32.6 Å². The molecule has 8 atom stereocenters. The zero-order valence-electron chi connectivity index (χ0n) is 45.0. The minimum Gasteiger partial charge on any atom is -0.387 e. The second kappa shape index (κ2) is 24.4. The monoisotopic (exact) mass is 1190 g/mol. The Labute approximate surface area is 473 Å². The van der Waals surface area contributed by atoms with Gasteiger partial charge in [-0.05, 0) is 76.2 Å². The van der Waals surface area contributed by atoms with Gasteiger partial charge in [0.15, 0.2) is 64.4 Å². The number of amides is 6. The zero-order valence-corrected chi connectivity index (χ0v) is 46.6. The number of sulfonamides is 2. The van der Waals surface area contributed by atoms with Gasteiger partial charge in [-0.3, -0.25) is 29.4 Å². The van der Waals surface area contributed by atoms with E-state index in [1.807, 2.05) is 6.92 Å². The number of aromatic nitrogens is 8. The second-order valence-electron chi connectivity index (χ2n) is 19.6. The van der Waals surface area contributed by atoms with Crippen LogP contribution in [0.15, 0.2) is 83.6 Å². The first-order valence-electron chi connectivity index (χ1n) is 26.2. The summed E-state index contributed by atoms with van der Waals surface area (Å²) in [6.07, 6.45) is -3.15. The maximum Gasteiger partial charge on any atom is 0.324 e. The summed E-state index contributed by atoms with van der Waals surface area (Å²) in [5.41, 5.74) is 1.67. The number of anilines is 4. The van der Waals surface area contributed by atoms with Gasteiger partial charge in [0, 0.05) is 50.6 Å². The van der Waals surface area contributed by atoms with Crippen LogP contribution >= 0.6 is 0 Å². The van der Waals surface area contributed by atoms with E-state index in [0.717, 1.165) is 0 Å². The van der Waals surface area contributed by atoms with Gasteiger partial charge in [0.05, 0.1) is 48.9 Å². The minimum atomic E-state index is -3.67. The Hall–Kier alpha value is -7.48. The van der Waals surface area contributed by atoms with Crippen LogP contribution in [-0.2, 0) is 58.1 Å². The Morgan fingerprint density at radius 3 is 1.45 bits per heavy atom. The van der Waals surface area contributed by atoms with E-state index >= 15 is 0 Å². The standard InChI is InChI=1S/C26H32N8O8S.C23H28N8O8S/c1-4-27-23(35)19-18-20(42-26(2,3)41-18)24(40-19)34-14-30-17-21(28-13-29-22(17)34)32-25(36)31-15-5-7-16(8-6-15)43(37,38)33-9-11-39-12-10-33;1-2-24-21(34)18-16(32)17(33)22(39-18)31-12-27-15-19(25-11-26-20(15)31)29-23(35)28-13-3-5-14(6-4-13)40(36,37)30-7-9-38-10-8-30/h5-8,13-14,18-20,24H,4,9-12H2,1-3H3,(H,27,35)(H2,28,29,31,32,36);3-6,11-12,16-18,22,32-33H,2,7-10H2,1H3,(H,24,34)(H2,25,26,28,29,35)/t18-,19+,20-,24-;16-,17+,18-,22+/m10/s1. The van der Waals surface area contributed by atoms with Gasteiger partial charge in [0.1, 0.15) is 37.1 Å². The van der Waals surface area contributed by atoms with Crippen molar-refractivity contribution in [2.24, 2.45) is 0 Å². The van der Waals surface area contributed by atoms with Crippen LogP contribution in [0.2, 0.25) is 0 Å². The van der Waals surface area contributed by atoms with Crippen molar-refractivity contribution in [3.05, 3.63) is 73.8 Å². The largest absolute Gasteiger partial charge is 0.387 e. The molecule has 0 spiro atoms. The van der Waals surface area contributed by atoms with Crippen LogP contribution in [0.1, 0.15) is 40.2 Å². The number of aliphatic hydroxyl groups is 2. The summed E-state index contributed by atoms with van der Waals surface area (Å²) < 4.78 is 91.3. The maximum atomic E-state index is 12.9. The Bertz CT molecular complexity index is 3580. The molecule has 6 aromatic rings. The SMILES string of the molecule is CCNC(=O)[C@H]1O[C@@H](n2cnc3c(NC(=O)Nc4ccc(S(=O)(=O)N5CCOCC5)cc4)ncnc32)[C@@H]2OC(C)(C)O[C@@H]21.CCNC(=O)[C@H]1O[C@@H](n2cnc3c(NC(=O)Nc4ccc(S(=O)(=O)N5CCOCC5)cc4)ncnc32)[C@H](O)[C@@H]1O. The third kappa shape index (κ3) is 12.3. The van der Waals surface area contributed by atoms with Crippen molar-refractivity contribution >= 4 is 89.3 Å². The van der Waals surface area contributed by atoms with Gasteiger partial charge in [0.25, 0.3) is 11.8 Å². The highest BCUT2D eigenvalue weighted by atomic mass is 32.2. The van der Waals surface area contributed by atoms with E-state index in [1.54, 1.807) is 25.3 Å². The van der Waals surface area contributed by atoms with Gasteiger partial charge in [-0.25, -0.2) is 56.3 Å². The molecule has 8 N–H and O–H groups in total. The molecule has 5 saturated heterocycles.